The van der Waals surface area contributed by atoms with Crippen LogP contribution >= 0.6 is 50.9 Å². The van der Waals surface area contributed by atoms with Crippen LogP contribution in [0.3, 0.4) is 0 Å². The number of ether oxygens (including phenoxy) is 2. The SMILES string of the molecule is CCOc1cc(CNCCCSc2nnnn2-c2ccccc2)cc(Br)c1OCc1ccc(Cl)cc1Cl. The van der Waals surface area contributed by atoms with Crippen LogP contribution in [0.25, 0.3) is 5.69 Å². The van der Waals surface area contributed by atoms with Crippen molar-refractivity contribution < 1.29 is 9.47 Å². The van der Waals surface area contributed by atoms with E-state index >= 15 is 0 Å². The molecule has 11 heteroatoms. The zero-order chi connectivity index (χ0) is 26.0. The summed E-state index contributed by atoms with van der Waals surface area (Å²) in [5, 5.41) is 17.5. The third kappa shape index (κ3) is 7.85. The topological polar surface area (TPSA) is 74.1 Å². The Hall–Kier alpha value is -2.30. The first-order chi connectivity index (χ1) is 18.0. The van der Waals surface area contributed by atoms with Crippen molar-refractivity contribution in [1.29, 1.82) is 0 Å². The molecule has 1 aromatic heterocycles. The van der Waals surface area contributed by atoms with Gasteiger partial charge in [-0.2, -0.15) is 4.68 Å². The standard InChI is InChI=1S/C26H26BrCl2N5O2S/c1-2-35-24-14-18(13-22(27)25(24)36-17-19-9-10-20(28)15-23(19)29)16-30-11-6-12-37-26-31-32-33-34(26)21-7-4-3-5-8-21/h3-5,7-10,13-15,30H,2,6,11-12,16-17H2,1H3. The third-order valence-electron chi connectivity index (χ3n) is 5.26. The van der Waals surface area contributed by atoms with Gasteiger partial charge in [0.15, 0.2) is 11.5 Å². The van der Waals surface area contributed by atoms with Crippen molar-refractivity contribution >= 4 is 50.9 Å². The fourth-order valence-electron chi connectivity index (χ4n) is 3.51. The molecule has 0 bridgehead atoms. The molecule has 0 radical (unpaired) electrons. The number of halogens is 3. The van der Waals surface area contributed by atoms with Gasteiger partial charge in [0.05, 0.1) is 16.8 Å². The molecule has 7 nitrogen and oxygen atoms in total. The number of para-hydroxylation sites is 1. The van der Waals surface area contributed by atoms with Gasteiger partial charge >= 0.3 is 0 Å². The number of nitrogens with one attached hydrogen (secondary N) is 1. The molecule has 1 heterocycles. The number of tetrazole rings is 1. The summed E-state index contributed by atoms with van der Waals surface area (Å²) in [7, 11) is 0. The fourth-order valence-corrected chi connectivity index (χ4v) is 5.41. The van der Waals surface area contributed by atoms with Gasteiger partial charge in [-0.1, -0.05) is 59.2 Å². The highest BCUT2D eigenvalue weighted by Gasteiger charge is 2.14. The highest BCUT2D eigenvalue weighted by Crippen LogP contribution is 2.38. The minimum absolute atomic E-state index is 0.303. The van der Waals surface area contributed by atoms with Crippen LogP contribution in [0, 0.1) is 0 Å². The normalized spacial score (nSPS) is 11.0. The summed E-state index contributed by atoms with van der Waals surface area (Å²) in [5.41, 5.74) is 2.89. The van der Waals surface area contributed by atoms with Crippen LogP contribution in [0.2, 0.25) is 10.0 Å². The predicted molar refractivity (Wildman–Crippen MR) is 152 cm³/mol. The first-order valence-corrected chi connectivity index (χ1v) is 14.3. The zero-order valence-electron chi connectivity index (χ0n) is 20.2. The van der Waals surface area contributed by atoms with Crippen molar-refractivity contribution in [1.82, 2.24) is 25.5 Å². The van der Waals surface area contributed by atoms with E-state index in [1.165, 1.54) is 0 Å². The Kier molecular flexibility index (Phi) is 10.5. The molecule has 0 amide bonds. The van der Waals surface area contributed by atoms with Crippen LogP contribution in [0.5, 0.6) is 11.5 Å². The smallest absolute Gasteiger partial charge is 0.214 e. The average Bonchev–Trinajstić information content (AvgIpc) is 3.36. The largest absolute Gasteiger partial charge is 0.490 e. The van der Waals surface area contributed by atoms with Gasteiger partial charge in [0.1, 0.15) is 6.61 Å². The molecule has 4 aromatic rings. The maximum atomic E-state index is 6.29. The van der Waals surface area contributed by atoms with Crippen LogP contribution in [0.1, 0.15) is 24.5 Å². The van der Waals surface area contributed by atoms with E-state index in [0.717, 1.165) is 45.2 Å². The summed E-state index contributed by atoms with van der Waals surface area (Å²) in [4.78, 5) is 0. The molecule has 0 unspecified atom stereocenters. The Morgan fingerprint density at radius 2 is 1.89 bits per heavy atom. The number of benzene rings is 3. The number of hydrogen-bond donors (Lipinski definition) is 1. The van der Waals surface area contributed by atoms with Crippen LogP contribution < -0.4 is 14.8 Å². The number of thioether (sulfide) groups is 1. The second-order valence-corrected chi connectivity index (χ2v) is 10.7. The molecule has 194 valence electrons. The van der Waals surface area contributed by atoms with E-state index in [1.807, 2.05) is 55.5 Å². The fraction of sp³-hybridized carbons (Fsp3) is 0.269. The Morgan fingerprint density at radius 3 is 2.68 bits per heavy atom. The summed E-state index contributed by atoms with van der Waals surface area (Å²) in [5.74, 6) is 2.22. The van der Waals surface area contributed by atoms with E-state index in [-0.39, 0.29) is 0 Å². The van der Waals surface area contributed by atoms with Gasteiger partial charge < -0.3 is 14.8 Å². The average molecular weight is 623 g/mol. The van der Waals surface area contributed by atoms with Crippen LogP contribution in [-0.4, -0.2) is 39.1 Å². The lowest BCUT2D eigenvalue weighted by atomic mass is 10.2. The van der Waals surface area contributed by atoms with Crippen molar-refractivity contribution in [2.45, 2.75) is 31.7 Å². The molecule has 1 N–H and O–H groups in total. The van der Waals surface area contributed by atoms with Crippen LogP contribution in [0.15, 0.2) is 70.3 Å². The molecule has 4 rings (SSSR count). The Balaban J connectivity index is 1.27. The zero-order valence-corrected chi connectivity index (χ0v) is 24.1. The van der Waals surface area contributed by atoms with Crippen molar-refractivity contribution in [2.24, 2.45) is 0 Å². The van der Waals surface area contributed by atoms with Crippen molar-refractivity contribution in [3.8, 4) is 17.2 Å². The minimum atomic E-state index is 0.303. The molecule has 0 aliphatic heterocycles. The first-order valence-electron chi connectivity index (χ1n) is 11.7. The highest BCUT2D eigenvalue weighted by atomic mass is 79.9. The molecule has 0 spiro atoms. The van der Waals surface area contributed by atoms with E-state index in [1.54, 1.807) is 28.6 Å². The molecular weight excluding hydrogens is 597 g/mol. The molecule has 3 aromatic carbocycles. The van der Waals surface area contributed by atoms with E-state index in [2.05, 4.69) is 36.8 Å². The lowest BCUT2D eigenvalue weighted by molar-refractivity contribution is 0.267. The highest BCUT2D eigenvalue weighted by molar-refractivity contribution is 9.10. The number of hydrogen-bond acceptors (Lipinski definition) is 7. The quantitative estimate of drug-likeness (QED) is 0.127. The molecular formula is C26H26BrCl2N5O2S. The van der Waals surface area contributed by atoms with E-state index < -0.39 is 0 Å². The third-order valence-corrected chi connectivity index (χ3v) is 7.44. The summed E-state index contributed by atoms with van der Waals surface area (Å²) < 4.78 is 14.5. The number of nitrogens with zero attached hydrogens (tertiary/aromatic N) is 4. The maximum Gasteiger partial charge on any atom is 0.214 e. The number of aromatic nitrogens is 4. The Morgan fingerprint density at radius 1 is 1.05 bits per heavy atom. The minimum Gasteiger partial charge on any atom is -0.490 e. The van der Waals surface area contributed by atoms with Crippen molar-refractivity contribution in [3.63, 3.8) is 0 Å². The Bertz CT molecular complexity index is 1310. The summed E-state index contributed by atoms with van der Waals surface area (Å²) >= 11 is 17.6. The van der Waals surface area contributed by atoms with Gasteiger partial charge in [-0.3, -0.25) is 0 Å². The lowest BCUT2D eigenvalue weighted by Crippen LogP contribution is -2.15. The Labute approximate surface area is 239 Å². The van der Waals surface area contributed by atoms with Gasteiger partial charge in [0, 0.05) is 27.9 Å². The molecule has 0 atom stereocenters. The molecule has 0 saturated heterocycles. The van der Waals surface area contributed by atoms with Gasteiger partial charge in [-0.25, -0.2) is 0 Å². The van der Waals surface area contributed by atoms with E-state index in [0.29, 0.717) is 41.3 Å². The van der Waals surface area contributed by atoms with E-state index in [4.69, 9.17) is 32.7 Å². The van der Waals surface area contributed by atoms with Gasteiger partial charge in [-0.05, 0) is 88.2 Å². The van der Waals surface area contributed by atoms with Crippen molar-refractivity contribution in [3.05, 3.63) is 86.3 Å². The van der Waals surface area contributed by atoms with Gasteiger partial charge in [0.2, 0.25) is 5.16 Å². The summed E-state index contributed by atoms with van der Waals surface area (Å²) in [6.07, 6.45) is 0.967. The lowest BCUT2D eigenvalue weighted by Gasteiger charge is -2.16. The molecule has 0 saturated carbocycles. The summed E-state index contributed by atoms with van der Waals surface area (Å²) in [6.45, 7) is 4.34. The van der Waals surface area contributed by atoms with Crippen molar-refractivity contribution in [2.75, 3.05) is 18.9 Å². The first kappa shape index (κ1) is 27.7. The van der Waals surface area contributed by atoms with E-state index in [9.17, 15) is 0 Å². The second kappa shape index (κ2) is 14.0. The molecule has 37 heavy (non-hydrogen) atoms. The van der Waals surface area contributed by atoms with Gasteiger partial charge in [-0.15, -0.1) is 5.10 Å². The molecule has 0 fully saturated rings. The predicted octanol–water partition coefficient (Wildman–Crippen LogP) is 6.98. The van der Waals surface area contributed by atoms with Gasteiger partial charge in [0.25, 0.3) is 0 Å². The van der Waals surface area contributed by atoms with Crippen LogP contribution in [-0.2, 0) is 13.2 Å². The summed E-state index contributed by atoms with van der Waals surface area (Å²) in [6, 6.07) is 19.3. The van der Waals surface area contributed by atoms with Crippen LogP contribution in [0.4, 0.5) is 0 Å². The molecule has 0 aliphatic rings. The monoisotopic (exact) mass is 621 g/mol. The molecule has 0 aliphatic carbocycles. The maximum absolute atomic E-state index is 6.29. The second-order valence-electron chi connectivity index (χ2n) is 7.95. The number of rotatable bonds is 13.